The number of pyridine rings is 1. The first-order valence-electron chi connectivity index (χ1n) is 5.45. The second kappa shape index (κ2) is 6.20. The standard InChI is InChI=1S/C12H18N2O3/c1-9(2)8-17-11-7-13-6-5-10(11)12(15)14(3)16-4/h5-7,9H,8H2,1-4H3. The lowest BCUT2D eigenvalue weighted by molar-refractivity contribution is -0.0758. The first-order valence-corrected chi connectivity index (χ1v) is 5.45. The molecule has 1 amide bonds. The predicted molar refractivity (Wildman–Crippen MR) is 63.7 cm³/mol. The highest BCUT2D eigenvalue weighted by atomic mass is 16.7. The Balaban J connectivity index is 2.87. The van der Waals surface area contributed by atoms with Crippen LogP contribution in [0.25, 0.3) is 0 Å². The fourth-order valence-corrected chi connectivity index (χ4v) is 1.18. The monoisotopic (exact) mass is 238 g/mol. The van der Waals surface area contributed by atoms with Crippen LogP contribution >= 0.6 is 0 Å². The first-order chi connectivity index (χ1) is 8.06. The van der Waals surface area contributed by atoms with Gasteiger partial charge in [0.05, 0.1) is 25.5 Å². The number of nitrogens with zero attached hydrogens (tertiary/aromatic N) is 2. The van der Waals surface area contributed by atoms with Crippen molar-refractivity contribution in [2.45, 2.75) is 13.8 Å². The van der Waals surface area contributed by atoms with Gasteiger partial charge >= 0.3 is 0 Å². The highest BCUT2D eigenvalue weighted by Crippen LogP contribution is 2.18. The lowest BCUT2D eigenvalue weighted by Crippen LogP contribution is -2.26. The minimum absolute atomic E-state index is 0.256. The van der Waals surface area contributed by atoms with Crippen LogP contribution in [0.1, 0.15) is 24.2 Å². The zero-order valence-electron chi connectivity index (χ0n) is 10.6. The van der Waals surface area contributed by atoms with Gasteiger partial charge in [-0.3, -0.25) is 14.6 Å². The van der Waals surface area contributed by atoms with Crippen LogP contribution in [0.4, 0.5) is 0 Å². The molecule has 0 N–H and O–H groups in total. The zero-order chi connectivity index (χ0) is 12.8. The van der Waals surface area contributed by atoms with Crippen molar-refractivity contribution >= 4 is 5.91 Å². The number of amides is 1. The van der Waals surface area contributed by atoms with E-state index in [2.05, 4.69) is 4.98 Å². The molecule has 0 saturated heterocycles. The summed E-state index contributed by atoms with van der Waals surface area (Å²) in [5, 5.41) is 1.15. The highest BCUT2D eigenvalue weighted by Gasteiger charge is 2.16. The highest BCUT2D eigenvalue weighted by molar-refractivity contribution is 5.95. The maximum absolute atomic E-state index is 11.9. The summed E-state index contributed by atoms with van der Waals surface area (Å²) >= 11 is 0. The fourth-order valence-electron chi connectivity index (χ4n) is 1.18. The smallest absolute Gasteiger partial charge is 0.281 e. The Hall–Kier alpha value is -1.62. The molecule has 5 heteroatoms. The van der Waals surface area contributed by atoms with Crippen molar-refractivity contribution in [1.29, 1.82) is 0 Å². The van der Waals surface area contributed by atoms with Crippen LogP contribution in [0.15, 0.2) is 18.5 Å². The van der Waals surface area contributed by atoms with Crippen LogP contribution in [-0.2, 0) is 4.84 Å². The van der Waals surface area contributed by atoms with Gasteiger partial charge in [0, 0.05) is 13.2 Å². The Morgan fingerprint density at radius 2 is 2.24 bits per heavy atom. The molecule has 1 rings (SSSR count). The molecule has 0 saturated carbocycles. The Morgan fingerprint density at radius 3 is 2.82 bits per heavy atom. The minimum atomic E-state index is -0.256. The Kier molecular flexibility index (Phi) is 4.90. The SMILES string of the molecule is CON(C)C(=O)c1ccncc1OCC(C)C. The number of carbonyl (C=O) groups excluding carboxylic acids is 1. The van der Waals surface area contributed by atoms with Gasteiger partial charge in [0.1, 0.15) is 5.75 Å². The summed E-state index contributed by atoms with van der Waals surface area (Å²) in [4.78, 5) is 20.7. The van der Waals surface area contributed by atoms with Crippen LogP contribution in [0.5, 0.6) is 5.75 Å². The summed E-state index contributed by atoms with van der Waals surface area (Å²) < 4.78 is 5.55. The van der Waals surface area contributed by atoms with Crippen LogP contribution in [0, 0.1) is 5.92 Å². The topological polar surface area (TPSA) is 51.7 Å². The van der Waals surface area contributed by atoms with Gasteiger partial charge in [-0.15, -0.1) is 0 Å². The summed E-state index contributed by atoms with van der Waals surface area (Å²) in [6.45, 7) is 4.63. The lowest BCUT2D eigenvalue weighted by atomic mass is 10.2. The van der Waals surface area contributed by atoms with E-state index < -0.39 is 0 Å². The molecule has 1 heterocycles. The third-order valence-electron chi connectivity index (χ3n) is 2.15. The average molecular weight is 238 g/mol. The third-order valence-corrected chi connectivity index (χ3v) is 2.15. The molecular formula is C12H18N2O3. The molecule has 0 unspecified atom stereocenters. The van der Waals surface area contributed by atoms with Gasteiger partial charge in [0.25, 0.3) is 5.91 Å². The van der Waals surface area contributed by atoms with Gasteiger partial charge in [0.2, 0.25) is 0 Å². The number of carbonyl (C=O) groups is 1. The minimum Gasteiger partial charge on any atom is -0.491 e. The van der Waals surface area contributed by atoms with Crippen LogP contribution in [-0.4, -0.2) is 36.7 Å². The van der Waals surface area contributed by atoms with Crippen molar-refractivity contribution in [3.63, 3.8) is 0 Å². The summed E-state index contributed by atoms with van der Waals surface area (Å²) in [5.41, 5.74) is 0.449. The molecule has 0 spiro atoms. The van der Waals surface area contributed by atoms with Gasteiger partial charge in [-0.25, -0.2) is 5.06 Å². The van der Waals surface area contributed by atoms with Crippen molar-refractivity contribution in [2.24, 2.45) is 5.92 Å². The van der Waals surface area contributed by atoms with Crippen molar-refractivity contribution in [3.05, 3.63) is 24.0 Å². The molecule has 1 aromatic heterocycles. The number of hydrogen-bond donors (Lipinski definition) is 0. The molecule has 0 aromatic carbocycles. The molecule has 94 valence electrons. The first kappa shape index (κ1) is 13.4. The molecule has 0 radical (unpaired) electrons. The van der Waals surface area contributed by atoms with E-state index in [1.807, 2.05) is 13.8 Å². The quantitative estimate of drug-likeness (QED) is 0.733. The molecule has 0 bridgehead atoms. The fraction of sp³-hybridized carbons (Fsp3) is 0.500. The molecule has 17 heavy (non-hydrogen) atoms. The summed E-state index contributed by atoms with van der Waals surface area (Å²) in [6.07, 6.45) is 3.10. The maximum Gasteiger partial charge on any atom is 0.281 e. The van der Waals surface area contributed by atoms with Gasteiger partial charge < -0.3 is 4.74 Å². The van der Waals surface area contributed by atoms with Crippen LogP contribution < -0.4 is 4.74 Å². The third kappa shape index (κ3) is 3.71. The molecule has 0 aliphatic carbocycles. The van der Waals surface area contributed by atoms with Gasteiger partial charge in [-0.1, -0.05) is 13.8 Å². The van der Waals surface area contributed by atoms with Crippen molar-refractivity contribution in [3.8, 4) is 5.75 Å². The Morgan fingerprint density at radius 1 is 1.53 bits per heavy atom. The molecule has 0 aliphatic heterocycles. The molecule has 5 nitrogen and oxygen atoms in total. The Labute approximate surface area is 101 Å². The van der Waals surface area contributed by atoms with E-state index in [1.54, 1.807) is 25.5 Å². The molecule has 1 aromatic rings. The van der Waals surface area contributed by atoms with E-state index in [0.29, 0.717) is 23.8 Å². The number of hydroxylamine groups is 2. The van der Waals surface area contributed by atoms with Gasteiger partial charge in [-0.2, -0.15) is 0 Å². The maximum atomic E-state index is 11.9. The van der Waals surface area contributed by atoms with Gasteiger partial charge in [-0.05, 0) is 12.0 Å². The lowest BCUT2D eigenvalue weighted by Gasteiger charge is -2.16. The van der Waals surface area contributed by atoms with E-state index in [4.69, 9.17) is 9.57 Å². The van der Waals surface area contributed by atoms with Crippen LogP contribution in [0.2, 0.25) is 0 Å². The number of aromatic nitrogens is 1. The molecule has 0 fully saturated rings. The van der Waals surface area contributed by atoms with E-state index in [9.17, 15) is 4.79 Å². The summed E-state index contributed by atoms with van der Waals surface area (Å²) in [5.74, 6) is 0.613. The van der Waals surface area contributed by atoms with E-state index in [1.165, 1.54) is 7.11 Å². The average Bonchev–Trinajstić information content (AvgIpc) is 2.34. The zero-order valence-corrected chi connectivity index (χ0v) is 10.6. The van der Waals surface area contributed by atoms with E-state index in [-0.39, 0.29) is 5.91 Å². The molecule has 0 aliphatic rings. The van der Waals surface area contributed by atoms with Gasteiger partial charge in [0.15, 0.2) is 0 Å². The predicted octanol–water partition coefficient (Wildman–Crippen LogP) is 1.75. The van der Waals surface area contributed by atoms with Crippen molar-refractivity contribution in [1.82, 2.24) is 10.0 Å². The number of rotatable bonds is 5. The summed E-state index contributed by atoms with van der Waals surface area (Å²) in [6, 6.07) is 1.62. The van der Waals surface area contributed by atoms with Crippen molar-refractivity contribution in [2.75, 3.05) is 20.8 Å². The molecule has 0 atom stereocenters. The second-order valence-corrected chi connectivity index (χ2v) is 4.06. The Bertz CT molecular complexity index is 380. The second-order valence-electron chi connectivity index (χ2n) is 4.06. The van der Waals surface area contributed by atoms with Crippen molar-refractivity contribution < 1.29 is 14.4 Å². The van der Waals surface area contributed by atoms with Crippen LogP contribution in [0.3, 0.4) is 0 Å². The summed E-state index contributed by atoms with van der Waals surface area (Å²) in [7, 11) is 2.99. The van der Waals surface area contributed by atoms with E-state index >= 15 is 0 Å². The largest absolute Gasteiger partial charge is 0.491 e. The normalized spacial score (nSPS) is 10.4. The van der Waals surface area contributed by atoms with E-state index in [0.717, 1.165) is 5.06 Å². The molecular weight excluding hydrogens is 220 g/mol. The number of ether oxygens (including phenoxy) is 1. The number of hydrogen-bond acceptors (Lipinski definition) is 4.